The highest BCUT2D eigenvalue weighted by atomic mass is 35.5. The second-order valence-corrected chi connectivity index (χ2v) is 12.6. The molecule has 1 N–H and O–H groups in total. The number of benzene rings is 3. The number of nitriles is 1. The number of halogens is 4. The summed E-state index contributed by atoms with van der Waals surface area (Å²) in [5, 5.41) is 13.2. The second-order valence-electron chi connectivity index (χ2n) is 10.9. The third kappa shape index (κ3) is 9.40. The third-order valence-electron chi connectivity index (χ3n) is 5.95. The number of carbonyl (C=O) groups excluding carboxylic acids is 1. The van der Waals surface area contributed by atoms with Gasteiger partial charge in [-0.15, -0.1) is 11.8 Å². The van der Waals surface area contributed by atoms with Crippen LogP contribution in [-0.2, 0) is 5.41 Å². The molecule has 0 radical (unpaired) electrons. The van der Waals surface area contributed by atoms with Gasteiger partial charge < -0.3 is 10.2 Å². The van der Waals surface area contributed by atoms with E-state index in [1.165, 1.54) is 18.2 Å². The Morgan fingerprint density at radius 2 is 1.70 bits per heavy atom. The maximum Gasteiger partial charge on any atom is 0.322 e. The summed E-state index contributed by atoms with van der Waals surface area (Å²) >= 11 is 12.8. The number of carbonyl (C=O) groups is 1. The minimum Gasteiger partial charge on any atom is -0.320 e. The Morgan fingerprint density at radius 1 is 1.05 bits per heavy atom. The van der Waals surface area contributed by atoms with Gasteiger partial charge in [0.2, 0.25) is 0 Å². The molecule has 0 bridgehead atoms. The standard InChI is InChI=1S/C20H19ClFN3OS.C6H4ClF.C5H12/c1-13-20(12-23,17-7-6-14(21)10-18(17)22)8-9-25(13)19(26)24-15-4-3-5-16(11-15)27-2;7-5-3-1-2-4-6(5)8;1-5(2,3)4/h3-7,10-11,13H,8-9H2,1-2H3,(H,24,26);1-4H;1-4H3. The Morgan fingerprint density at radius 3 is 2.23 bits per heavy atom. The molecule has 0 aliphatic carbocycles. The van der Waals surface area contributed by atoms with Gasteiger partial charge in [0.25, 0.3) is 0 Å². The number of likely N-dealkylation sites (tertiary alicyclic amines) is 1. The van der Waals surface area contributed by atoms with E-state index >= 15 is 0 Å². The SMILES string of the molecule is CC(C)(C)C.CSc1cccc(NC(=O)N2CCC(C#N)(c3ccc(Cl)cc3F)C2C)c1.Fc1ccccc1Cl. The van der Waals surface area contributed by atoms with E-state index in [0.29, 0.717) is 24.1 Å². The van der Waals surface area contributed by atoms with Crippen LogP contribution in [0.1, 0.15) is 46.6 Å². The first-order chi connectivity index (χ1) is 18.7. The van der Waals surface area contributed by atoms with Gasteiger partial charge in [0, 0.05) is 27.7 Å². The Balaban J connectivity index is 0.000000355. The first kappa shape index (κ1) is 33.4. The Kier molecular flexibility index (Phi) is 12.3. The van der Waals surface area contributed by atoms with Crippen LogP contribution >= 0.6 is 35.0 Å². The molecule has 4 nitrogen and oxygen atoms in total. The van der Waals surface area contributed by atoms with Crippen LogP contribution in [0.15, 0.2) is 71.6 Å². The molecule has 2 amide bonds. The monoisotopic (exact) mass is 605 g/mol. The summed E-state index contributed by atoms with van der Waals surface area (Å²) in [5.74, 6) is -0.889. The summed E-state index contributed by atoms with van der Waals surface area (Å²) in [5.41, 5.74) is 0.361. The van der Waals surface area contributed by atoms with Gasteiger partial charge in [-0.2, -0.15) is 5.26 Å². The van der Waals surface area contributed by atoms with Gasteiger partial charge in [-0.05, 0) is 67.5 Å². The highest BCUT2D eigenvalue weighted by molar-refractivity contribution is 7.98. The zero-order valence-electron chi connectivity index (χ0n) is 23.6. The molecule has 40 heavy (non-hydrogen) atoms. The van der Waals surface area contributed by atoms with Crippen LogP contribution in [0.2, 0.25) is 10.0 Å². The predicted molar refractivity (Wildman–Crippen MR) is 163 cm³/mol. The van der Waals surface area contributed by atoms with Crippen LogP contribution in [-0.4, -0.2) is 29.8 Å². The maximum absolute atomic E-state index is 14.5. The molecule has 9 heteroatoms. The summed E-state index contributed by atoms with van der Waals surface area (Å²) in [6.45, 7) is 10.9. The summed E-state index contributed by atoms with van der Waals surface area (Å²) < 4.78 is 26.7. The van der Waals surface area contributed by atoms with Crippen molar-refractivity contribution in [2.45, 2.75) is 57.4 Å². The minimum atomic E-state index is -1.10. The smallest absolute Gasteiger partial charge is 0.320 e. The molecule has 214 valence electrons. The number of hydrogen-bond acceptors (Lipinski definition) is 3. The van der Waals surface area contributed by atoms with E-state index in [9.17, 15) is 18.8 Å². The van der Waals surface area contributed by atoms with E-state index in [1.807, 2.05) is 30.5 Å². The number of nitrogens with one attached hydrogen (secondary N) is 1. The van der Waals surface area contributed by atoms with Crippen molar-refractivity contribution in [3.63, 3.8) is 0 Å². The Hall–Kier alpha value is -2.79. The molecule has 4 rings (SSSR count). The largest absolute Gasteiger partial charge is 0.322 e. The Labute approximate surface area is 250 Å². The van der Waals surface area contributed by atoms with Crippen LogP contribution in [0.3, 0.4) is 0 Å². The third-order valence-corrected chi connectivity index (χ3v) is 7.21. The molecule has 1 heterocycles. The van der Waals surface area contributed by atoms with Crippen molar-refractivity contribution in [3.8, 4) is 6.07 Å². The van der Waals surface area contributed by atoms with Crippen molar-refractivity contribution in [2.75, 3.05) is 18.1 Å². The van der Waals surface area contributed by atoms with E-state index in [1.54, 1.807) is 47.9 Å². The van der Waals surface area contributed by atoms with Gasteiger partial charge in [0.15, 0.2) is 0 Å². The van der Waals surface area contributed by atoms with Crippen LogP contribution in [0, 0.1) is 28.4 Å². The van der Waals surface area contributed by atoms with E-state index < -0.39 is 17.3 Å². The molecule has 0 saturated carbocycles. The van der Waals surface area contributed by atoms with Gasteiger partial charge in [0.1, 0.15) is 17.0 Å². The highest BCUT2D eigenvalue weighted by Gasteiger charge is 2.49. The van der Waals surface area contributed by atoms with Crippen LogP contribution in [0.4, 0.5) is 19.3 Å². The van der Waals surface area contributed by atoms with E-state index in [-0.39, 0.29) is 27.5 Å². The second kappa shape index (κ2) is 14.7. The quantitative estimate of drug-likeness (QED) is 0.302. The van der Waals surface area contributed by atoms with Crippen molar-refractivity contribution in [1.82, 2.24) is 4.90 Å². The number of nitrogens with zero attached hydrogens (tertiary/aromatic N) is 2. The lowest BCUT2D eigenvalue weighted by atomic mass is 9.76. The van der Waals surface area contributed by atoms with E-state index in [2.05, 4.69) is 39.1 Å². The van der Waals surface area contributed by atoms with Gasteiger partial charge in [-0.25, -0.2) is 13.6 Å². The van der Waals surface area contributed by atoms with Crippen molar-refractivity contribution < 1.29 is 13.6 Å². The molecule has 1 saturated heterocycles. The molecule has 1 aliphatic rings. The summed E-state index contributed by atoms with van der Waals surface area (Å²) in [6.07, 6.45) is 2.33. The van der Waals surface area contributed by atoms with Crippen molar-refractivity contribution in [1.29, 1.82) is 5.26 Å². The molecular formula is C31H35Cl2F2N3OS. The normalized spacial score (nSPS) is 18.0. The molecule has 2 atom stereocenters. The molecule has 1 aliphatic heterocycles. The van der Waals surface area contributed by atoms with Gasteiger partial charge in [-0.1, -0.05) is 75.2 Å². The molecule has 0 spiro atoms. The number of amides is 2. The predicted octanol–water partition coefficient (Wildman–Crippen LogP) is 9.82. The summed E-state index contributed by atoms with van der Waals surface area (Å²) in [7, 11) is 0. The number of thioether (sulfide) groups is 1. The number of hydrogen-bond donors (Lipinski definition) is 1. The zero-order valence-corrected chi connectivity index (χ0v) is 25.9. The van der Waals surface area contributed by atoms with Crippen LogP contribution in [0.25, 0.3) is 0 Å². The topological polar surface area (TPSA) is 56.1 Å². The molecule has 1 fully saturated rings. The summed E-state index contributed by atoms with van der Waals surface area (Å²) in [4.78, 5) is 15.4. The fraction of sp³-hybridized carbons (Fsp3) is 0.355. The highest BCUT2D eigenvalue weighted by Crippen LogP contribution is 2.41. The van der Waals surface area contributed by atoms with Crippen LogP contribution in [0.5, 0.6) is 0 Å². The zero-order chi connectivity index (χ0) is 30.1. The van der Waals surface area contributed by atoms with Gasteiger partial charge in [0.05, 0.1) is 17.1 Å². The average Bonchev–Trinajstić information content (AvgIpc) is 3.22. The lowest BCUT2D eigenvalue weighted by Gasteiger charge is -2.31. The van der Waals surface area contributed by atoms with Gasteiger partial charge >= 0.3 is 6.03 Å². The molecule has 3 aromatic rings. The van der Waals surface area contributed by atoms with E-state index in [0.717, 1.165) is 4.90 Å². The number of rotatable bonds is 3. The first-order valence-electron chi connectivity index (χ1n) is 12.7. The molecule has 2 unspecified atom stereocenters. The lowest BCUT2D eigenvalue weighted by Crippen LogP contribution is -2.44. The molecular weight excluding hydrogens is 571 g/mol. The number of anilines is 1. The molecule has 3 aromatic carbocycles. The maximum atomic E-state index is 14.5. The first-order valence-corrected chi connectivity index (χ1v) is 14.7. The lowest BCUT2D eigenvalue weighted by molar-refractivity contribution is 0.204. The number of urea groups is 1. The van der Waals surface area contributed by atoms with Crippen molar-refractivity contribution in [3.05, 3.63) is 94.0 Å². The molecule has 0 aromatic heterocycles. The van der Waals surface area contributed by atoms with E-state index in [4.69, 9.17) is 23.2 Å². The average molecular weight is 607 g/mol. The summed E-state index contributed by atoms with van der Waals surface area (Å²) in [6, 6.07) is 19.5. The fourth-order valence-corrected chi connectivity index (χ4v) is 4.75. The fourth-order valence-electron chi connectivity index (χ4n) is 4.00. The van der Waals surface area contributed by atoms with Crippen molar-refractivity contribution in [2.24, 2.45) is 5.41 Å². The Bertz CT molecular complexity index is 1320. The minimum absolute atomic E-state index is 0.174. The van der Waals surface area contributed by atoms with Gasteiger partial charge in [-0.3, -0.25) is 0 Å². The van der Waals surface area contributed by atoms with Crippen LogP contribution < -0.4 is 5.32 Å². The van der Waals surface area contributed by atoms with Crippen molar-refractivity contribution >= 4 is 46.7 Å².